The number of nitrogens with zero attached hydrogens (tertiary/aromatic N) is 3. The van der Waals surface area contributed by atoms with E-state index in [4.69, 9.17) is 14.5 Å². The monoisotopic (exact) mass is 367 g/mol. The standard InChI is InChI=1S/C22H29N3O2/c1-15-11-19(12-16(2)23-15)13-18-5-4-8-25(14-18)17(3)20-6-7-21-22(24-20)27-10-9-26-21/h6-7,11-12,17-18H,4-5,8-10,13-14H2,1-3H3/t17-,18?/m0/s1. The average Bonchev–Trinajstić information content (AvgIpc) is 2.66. The van der Waals surface area contributed by atoms with Gasteiger partial charge in [-0.25, -0.2) is 4.98 Å². The molecule has 0 aliphatic carbocycles. The van der Waals surface area contributed by atoms with Crippen molar-refractivity contribution in [3.05, 3.63) is 46.9 Å². The average molecular weight is 367 g/mol. The smallest absolute Gasteiger partial charge is 0.257 e. The topological polar surface area (TPSA) is 47.5 Å². The van der Waals surface area contributed by atoms with Gasteiger partial charge in [0, 0.05) is 24.0 Å². The second kappa shape index (κ2) is 7.85. The van der Waals surface area contributed by atoms with Gasteiger partial charge in [-0.05, 0) is 82.3 Å². The van der Waals surface area contributed by atoms with E-state index >= 15 is 0 Å². The second-order valence-corrected chi connectivity index (χ2v) is 7.88. The summed E-state index contributed by atoms with van der Waals surface area (Å²) >= 11 is 0. The maximum atomic E-state index is 5.66. The van der Waals surface area contributed by atoms with Crippen LogP contribution in [0.5, 0.6) is 11.6 Å². The predicted octanol–water partition coefficient (Wildman–Crippen LogP) is 3.88. The quantitative estimate of drug-likeness (QED) is 0.821. The molecule has 0 N–H and O–H groups in total. The molecule has 0 saturated carbocycles. The van der Waals surface area contributed by atoms with Crippen LogP contribution in [-0.2, 0) is 6.42 Å². The van der Waals surface area contributed by atoms with Crippen molar-refractivity contribution < 1.29 is 9.47 Å². The molecule has 4 heterocycles. The third-order valence-electron chi connectivity index (χ3n) is 5.62. The van der Waals surface area contributed by atoms with E-state index < -0.39 is 0 Å². The molecule has 0 radical (unpaired) electrons. The molecule has 5 nitrogen and oxygen atoms in total. The summed E-state index contributed by atoms with van der Waals surface area (Å²) in [4.78, 5) is 11.8. The highest BCUT2D eigenvalue weighted by atomic mass is 16.6. The summed E-state index contributed by atoms with van der Waals surface area (Å²) in [6, 6.07) is 8.83. The van der Waals surface area contributed by atoms with Gasteiger partial charge in [-0.2, -0.15) is 0 Å². The first-order valence-electron chi connectivity index (χ1n) is 10.0. The van der Waals surface area contributed by atoms with Gasteiger partial charge in [-0.15, -0.1) is 0 Å². The lowest BCUT2D eigenvalue weighted by Gasteiger charge is -2.37. The van der Waals surface area contributed by atoms with Crippen molar-refractivity contribution >= 4 is 0 Å². The van der Waals surface area contributed by atoms with Crippen LogP contribution in [0.1, 0.15) is 48.5 Å². The predicted molar refractivity (Wildman–Crippen MR) is 105 cm³/mol. The van der Waals surface area contributed by atoms with Gasteiger partial charge in [-0.1, -0.05) is 0 Å². The Morgan fingerprint density at radius 3 is 2.70 bits per heavy atom. The summed E-state index contributed by atoms with van der Waals surface area (Å²) in [5.41, 5.74) is 4.71. The van der Waals surface area contributed by atoms with Gasteiger partial charge in [0.25, 0.3) is 5.88 Å². The molecule has 144 valence electrons. The minimum atomic E-state index is 0.282. The molecule has 2 aromatic rings. The fourth-order valence-corrected chi connectivity index (χ4v) is 4.35. The number of piperidine rings is 1. The molecule has 2 aliphatic rings. The molecule has 5 heteroatoms. The van der Waals surface area contributed by atoms with E-state index in [2.05, 4.69) is 48.9 Å². The summed E-state index contributed by atoms with van der Waals surface area (Å²) in [6.07, 6.45) is 3.66. The maximum Gasteiger partial charge on any atom is 0.257 e. The first-order chi connectivity index (χ1) is 13.1. The van der Waals surface area contributed by atoms with Gasteiger partial charge in [0.1, 0.15) is 13.2 Å². The van der Waals surface area contributed by atoms with Crippen molar-refractivity contribution in [3.63, 3.8) is 0 Å². The molecule has 1 saturated heterocycles. The van der Waals surface area contributed by atoms with Crippen molar-refractivity contribution in [2.24, 2.45) is 5.92 Å². The van der Waals surface area contributed by atoms with Gasteiger partial charge in [0.05, 0.1) is 5.69 Å². The number of hydrogen-bond acceptors (Lipinski definition) is 5. The number of pyridine rings is 2. The van der Waals surface area contributed by atoms with E-state index in [-0.39, 0.29) is 6.04 Å². The van der Waals surface area contributed by atoms with E-state index in [0.717, 1.165) is 42.3 Å². The molecule has 1 unspecified atom stereocenters. The molecule has 0 spiro atoms. The maximum absolute atomic E-state index is 5.66. The Morgan fingerprint density at radius 1 is 1.11 bits per heavy atom. The van der Waals surface area contributed by atoms with Crippen LogP contribution in [-0.4, -0.2) is 41.2 Å². The minimum absolute atomic E-state index is 0.282. The van der Waals surface area contributed by atoms with Gasteiger partial charge >= 0.3 is 0 Å². The van der Waals surface area contributed by atoms with Crippen LogP contribution in [0.4, 0.5) is 0 Å². The van der Waals surface area contributed by atoms with Crippen LogP contribution in [0.3, 0.4) is 0 Å². The Hall–Kier alpha value is -2.14. The van der Waals surface area contributed by atoms with E-state index in [1.807, 2.05) is 6.07 Å². The van der Waals surface area contributed by atoms with E-state index in [1.165, 1.54) is 18.4 Å². The molecule has 2 atom stereocenters. The number of likely N-dealkylation sites (tertiary alicyclic amines) is 1. The molecule has 2 aromatic heterocycles. The van der Waals surface area contributed by atoms with Gasteiger partial charge in [0.15, 0.2) is 5.75 Å². The summed E-state index contributed by atoms with van der Waals surface area (Å²) in [7, 11) is 0. The normalized spacial score (nSPS) is 21.1. The zero-order valence-electron chi connectivity index (χ0n) is 16.6. The summed E-state index contributed by atoms with van der Waals surface area (Å²) in [5.74, 6) is 2.08. The Labute approximate surface area is 161 Å². The SMILES string of the molecule is Cc1cc(CC2CCCN([C@@H](C)c3ccc4c(n3)OCCO4)C2)cc(C)n1. The van der Waals surface area contributed by atoms with Crippen LogP contribution < -0.4 is 9.47 Å². The van der Waals surface area contributed by atoms with Crippen LogP contribution >= 0.6 is 0 Å². The van der Waals surface area contributed by atoms with Crippen molar-refractivity contribution in [2.45, 2.75) is 46.1 Å². The fraction of sp³-hybridized carbons (Fsp3) is 0.545. The Morgan fingerprint density at radius 2 is 1.89 bits per heavy atom. The fourth-order valence-electron chi connectivity index (χ4n) is 4.35. The molecule has 27 heavy (non-hydrogen) atoms. The zero-order valence-corrected chi connectivity index (χ0v) is 16.6. The first kappa shape index (κ1) is 18.2. The lowest BCUT2D eigenvalue weighted by Crippen LogP contribution is -2.38. The minimum Gasteiger partial charge on any atom is -0.484 e. The summed E-state index contributed by atoms with van der Waals surface area (Å²) in [5, 5.41) is 0. The van der Waals surface area contributed by atoms with Crippen LogP contribution in [0, 0.1) is 19.8 Å². The molecule has 0 aromatic carbocycles. The van der Waals surface area contributed by atoms with Crippen LogP contribution in [0.2, 0.25) is 0 Å². The highest BCUT2D eigenvalue weighted by Crippen LogP contribution is 2.32. The van der Waals surface area contributed by atoms with Gasteiger partial charge in [-0.3, -0.25) is 9.88 Å². The summed E-state index contributed by atoms with van der Waals surface area (Å²) in [6.45, 7) is 9.83. The second-order valence-electron chi connectivity index (χ2n) is 7.88. The third kappa shape index (κ3) is 4.24. The number of rotatable bonds is 4. The largest absolute Gasteiger partial charge is 0.484 e. The first-order valence-corrected chi connectivity index (χ1v) is 10.0. The Bertz CT molecular complexity index is 788. The molecule has 1 fully saturated rings. The Kier molecular flexibility index (Phi) is 5.30. The molecular weight excluding hydrogens is 338 g/mol. The number of fused-ring (bicyclic) bond motifs is 1. The third-order valence-corrected chi connectivity index (χ3v) is 5.62. The van der Waals surface area contributed by atoms with E-state index in [0.29, 0.717) is 25.0 Å². The highest BCUT2D eigenvalue weighted by Gasteiger charge is 2.26. The molecular formula is C22H29N3O2. The Balaban J connectivity index is 1.44. The van der Waals surface area contributed by atoms with Crippen LogP contribution in [0.15, 0.2) is 24.3 Å². The lowest BCUT2D eigenvalue weighted by atomic mass is 9.90. The molecule has 2 aliphatic heterocycles. The number of aryl methyl sites for hydroxylation is 2. The van der Waals surface area contributed by atoms with Crippen molar-refractivity contribution in [1.29, 1.82) is 0 Å². The number of hydrogen-bond donors (Lipinski definition) is 0. The zero-order chi connectivity index (χ0) is 18.8. The van der Waals surface area contributed by atoms with Gasteiger partial charge in [0.2, 0.25) is 0 Å². The molecule has 0 amide bonds. The van der Waals surface area contributed by atoms with E-state index in [1.54, 1.807) is 0 Å². The van der Waals surface area contributed by atoms with Gasteiger partial charge < -0.3 is 9.47 Å². The number of ether oxygens (including phenoxy) is 2. The molecule has 0 bridgehead atoms. The van der Waals surface area contributed by atoms with Crippen LogP contribution in [0.25, 0.3) is 0 Å². The van der Waals surface area contributed by atoms with Crippen molar-refractivity contribution in [2.75, 3.05) is 26.3 Å². The lowest BCUT2D eigenvalue weighted by molar-refractivity contribution is 0.126. The van der Waals surface area contributed by atoms with E-state index in [9.17, 15) is 0 Å². The number of aromatic nitrogens is 2. The van der Waals surface area contributed by atoms with Crippen molar-refractivity contribution in [1.82, 2.24) is 14.9 Å². The molecule has 4 rings (SSSR count). The summed E-state index contributed by atoms with van der Waals surface area (Å²) < 4.78 is 11.3. The van der Waals surface area contributed by atoms with Crippen molar-refractivity contribution in [3.8, 4) is 11.6 Å². The highest BCUT2D eigenvalue weighted by molar-refractivity contribution is 5.36.